The van der Waals surface area contributed by atoms with E-state index in [-0.39, 0.29) is 0 Å². The second-order valence-electron chi connectivity index (χ2n) is 5.58. The number of nitrogens with zero attached hydrogens (tertiary/aromatic N) is 4. The molecule has 3 aromatic rings. The van der Waals surface area contributed by atoms with E-state index in [9.17, 15) is 5.26 Å². The van der Waals surface area contributed by atoms with Gasteiger partial charge in [-0.15, -0.1) is 0 Å². The number of aromatic amines is 1. The Hall–Kier alpha value is -3.60. The third kappa shape index (κ3) is 4.70. The molecule has 0 fully saturated rings. The topological polar surface area (TPSA) is 112 Å². The van der Waals surface area contributed by atoms with Crippen molar-refractivity contribution in [2.75, 3.05) is 23.8 Å². The highest BCUT2D eigenvalue weighted by Gasteiger charge is 2.07. The maximum atomic E-state index is 9.25. The van der Waals surface area contributed by atoms with Crippen molar-refractivity contribution in [1.82, 2.24) is 20.2 Å². The molecule has 0 spiro atoms. The van der Waals surface area contributed by atoms with Crippen LogP contribution in [0.25, 0.3) is 0 Å². The van der Waals surface area contributed by atoms with Gasteiger partial charge in [-0.25, -0.2) is 4.98 Å². The molecule has 0 aliphatic rings. The van der Waals surface area contributed by atoms with E-state index >= 15 is 0 Å². The van der Waals surface area contributed by atoms with Crippen molar-refractivity contribution in [2.45, 2.75) is 13.3 Å². The van der Waals surface area contributed by atoms with Crippen LogP contribution < -0.4 is 15.4 Å². The van der Waals surface area contributed by atoms with E-state index in [4.69, 9.17) is 4.74 Å². The molecule has 3 aromatic heterocycles. The number of nitrogens with one attached hydrogen (secondary N) is 3. The summed E-state index contributed by atoms with van der Waals surface area (Å²) in [6, 6.07) is 11.2. The van der Waals surface area contributed by atoms with E-state index < -0.39 is 0 Å². The fourth-order valence-corrected chi connectivity index (χ4v) is 2.27. The Labute approximate surface area is 151 Å². The molecular weight excluding hydrogens is 330 g/mol. The zero-order valence-electron chi connectivity index (χ0n) is 14.4. The van der Waals surface area contributed by atoms with Gasteiger partial charge < -0.3 is 15.4 Å². The molecule has 0 radical (unpaired) electrons. The average molecular weight is 349 g/mol. The largest absolute Gasteiger partial charge is 0.492 e. The maximum Gasteiger partial charge on any atom is 0.153 e. The van der Waals surface area contributed by atoms with Crippen LogP contribution in [-0.4, -0.2) is 33.3 Å². The third-order valence-electron chi connectivity index (χ3n) is 3.49. The fraction of sp³-hybridized carbons (Fsp3) is 0.222. The van der Waals surface area contributed by atoms with Gasteiger partial charge in [0.15, 0.2) is 5.82 Å². The summed E-state index contributed by atoms with van der Waals surface area (Å²) in [5.74, 6) is 2.56. The molecule has 8 heteroatoms. The van der Waals surface area contributed by atoms with Gasteiger partial charge in [0.1, 0.15) is 23.5 Å². The summed E-state index contributed by atoms with van der Waals surface area (Å²) in [5, 5.41) is 22.5. The summed E-state index contributed by atoms with van der Waals surface area (Å²) >= 11 is 0. The second kappa shape index (κ2) is 8.48. The summed E-state index contributed by atoms with van der Waals surface area (Å²) in [7, 11) is 0. The molecule has 0 aromatic carbocycles. The van der Waals surface area contributed by atoms with E-state index in [0.29, 0.717) is 36.2 Å². The quantitative estimate of drug-likeness (QED) is 0.536. The molecule has 0 unspecified atom stereocenters. The van der Waals surface area contributed by atoms with Crippen molar-refractivity contribution >= 4 is 17.5 Å². The normalized spacial score (nSPS) is 10.2. The van der Waals surface area contributed by atoms with Crippen LogP contribution in [0.5, 0.6) is 5.75 Å². The van der Waals surface area contributed by atoms with E-state index in [1.54, 1.807) is 24.5 Å². The average Bonchev–Trinajstić information content (AvgIpc) is 3.07. The summed E-state index contributed by atoms with van der Waals surface area (Å²) in [6.45, 7) is 3.10. The van der Waals surface area contributed by atoms with Crippen molar-refractivity contribution in [1.29, 1.82) is 5.26 Å². The standard InChI is InChI=1S/C18H19N7O/c1-13-10-17(25-24-13)22-16-6-5-14(11-19)18(23-16)21-8-3-9-26-15-4-2-7-20-12-15/h2,4-7,10,12H,3,8-9H2,1H3,(H3,21,22,23,24,25). The summed E-state index contributed by atoms with van der Waals surface area (Å²) in [6.07, 6.45) is 4.14. The number of rotatable bonds is 8. The highest BCUT2D eigenvalue weighted by molar-refractivity contribution is 5.60. The Kier molecular flexibility index (Phi) is 5.62. The lowest BCUT2D eigenvalue weighted by molar-refractivity contribution is 0.314. The molecule has 0 saturated heterocycles. The fourth-order valence-electron chi connectivity index (χ4n) is 2.27. The van der Waals surface area contributed by atoms with E-state index in [0.717, 1.165) is 17.9 Å². The van der Waals surface area contributed by atoms with Crippen molar-refractivity contribution < 1.29 is 4.74 Å². The molecule has 3 N–H and O–H groups in total. The number of H-pyrrole nitrogens is 1. The Morgan fingerprint density at radius 1 is 1.27 bits per heavy atom. The smallest absolute Gasteiger partial charge is 0.153 e. The van der Waals surface area contributed by atoms with E-state index in [2.05, 4.69) is 36.9 Å². The van der Waals surface area contributed by atoms with Gasteiger partial charge in [-0.2, -0.15) is 10.4 Å². The molecule has 8 nitrogen and oxygen atoms in total. The predicted octanol–water partition coefficient (Wildman–Crippen LogP) is 3.00. The van der Waals surface area contributed by atoms with Crippen LogP contribution in [0.4, 0.5) is 17.5 Å². The lowest BCUT2D eigenvalue weighted by atomic mass is 10.2. The first-order valence-corrected chi connectivity index (χ1v) is 8.21. The van der Waals surface area contributed by atoms with Crippen LogP contribution in [0.1, 0.15) is 17.7 Å². The molecule has 0 atom stereocenters. The molecule has 3 rings (SSSR count). The SMILES string of the molecule is Cc1cc(Nc2ccc(C#N)c(NCCCOc3cccnc3)n2)n[nH]1. The van der Waals surface area contributed by atoms with Gasteiger partial charge in [0, 0.05) is 24.5 Å². The lowest BCUT2D eigenvalue weighted by Crippen LogP contribution is -2.10. The zero-order valence-corrected chi connectivity index (χ0v) is 14.4. The zero-order chi connectivity index (χ0) is 18.2. The number of anilines is 3. The predicted molar refractivity (Wildman–Crippen MR) is 98.4 cm³/mol. The van der Waals surface area contributed by atoms with Crippen molar-refractivity contribution in [3.8, 4) is 11.8 Å². The van der Waals surface area contributed by atoms with Gasteiger partial charge in [-0.3, -0.25) is 10.1 Å². The number of hydrogen-bond acceptors (Lipinski definition) is 7. The summed E-state index contributed by atoms with van der Waals surface area (Å²) in [5.41, 5.74) is 1.44. The first-order valence-electron chi connectivity index (χ1n) is 8.21. The lowest BCUT2D eigenvalue weighted by Gasteiger charge is -2.10. The third-order valence-corrected chi connectivity index (χ3v) is 3.49. The van der Waals surface area contributed by atoms with Gasteiger partial charge in [0.2, 0.25) is 0 Å². The van der Waals surface area contributed by atoms with E-state index in [1.807, 2.05) is 25.1 Å². The molecule has 132 valence electrons. The van der Waals surface area contributed by atoms with Gasteiger partial charge in [-0.1, -0.05) is 0 Å². The van der Waals surface area contributed by atoms with Gasteiger partial charge in [-0.05, 0) is 37.6 Å². The van der Waals surface area contributed by atoms with Crippen LogP contribution in [-0.2, 0) is 0 Å². The first kappa shape index (κ1) is 17.2. The number of aryl methyl sites for hydroxylation is 1. The van der Waals surface area contributed by atoms with Crippen LogP contribution in [0, 0.1) is 18.3 Å². The number of aromatic nitrogens is 4. The Balaban J connectivity index is 1.54. The number of hydrogen-bond donors (Lipinski definition) is 3. The van der Waals surface area contributed by atoms with E-state index in [1.165, 1.54) is 0 Å². The minimum absolute atomic E-state index is 0.488. The monoisotopic (exact) mass is 349 g/mol. The van der Waals surface area contributed by atoms with Gasteiger partial charge in [0.05, 0.1) is 18.4 Å². The van der Waals surface area contributed by atoms with Gasteiger partial charge >= 0.3 is 0 Å². The Bertz CT molecular complexity index is 886. The molecule has 3 heterocycles. The maximum absolute atomic E-state index is 9.25. The van der Waals surface area contributed by atoms with Crippen molar-refractivity contribution in [3.63, 3.8) is 0 Å². The number of nitriles is 1. The van der Waals surface area contributed by atoms with Crippen molar-refractivity contribution in [3.05, 3.63) is 54.0 Å². The van der Waals surface area contributed by atoms with Crippen LogP contribution >= 0.6 is 0 Å². The Morgan fingerprint density at radius 3 is 2.92 bits per heavy atom. The van der Waals surface area contributed by atoms with Gasteiger partial charge in [0.25, 0.3) is 0 Å². The first-order chi connectivity index (χ1) is 12.7. The van der Waals surface area contributed by atoms with Crippen LogP contribution in [0.3, 0.4) is 0 Å². The summed E-state index contributed by atoms with van der Waals surface area (Å²) in [4.78, 5) is 8.45. The minimum atomic E-state index is 0.488. The minimum Gasteiger partial charge on any atom is -0.492 e. The molecule has 0 aliphatic carbocycles. The highest BCUT2D eigenvalue weighted by Crippen LogP contribution is 2.19. The molecule has 0 aliphatic heterocycles. The van der Waals surface area contributed by atoms with Crippen molar-refractivity contribution in [2.24, 2.45) is 0 Å². The second-order valence-corrected chi connectivity index (χ2v) is 5.58. The van der Waals surface area contributed by atoms with Crippen LogP contribution in [0.15, 0.2) is 42.7 Å². The number of pyridine rings is 2. The number of ether oxygens (including phenoxy) is 1. The highest BCUT2D eigenvalue weighted by atomic mass is 16.5. The molecule has 0 saturated carbocycles. The Morgan fingerprint density at radius 2 is 2.19 bits per heavy atom. The van der Waals surface area contributed by atoms with Crippen LogP contribution in [0.2, 0.25) is 0 Å². The molecular formula is C18H19N7O. The molecule has 0 amide bonds. The molecule has 0 bridgehead atoms. The molecule has 26 heavy (non-hydrogen) atoms. The summed E-state index contributed by atoms with van der Waals surface area (Å²) < 4.78 is 5.59.